The van der Waals surface area contributed by atoms with Crippen LogP contribution in [0, 0.1) is 0 Å². The highest BCUT2D eigenvalue weighted by atomic mass is 35.5. The number of ether oxygens (including phenoxy) is 1. The summed E-state index contributed by atoms with van der Waals surface area (Å²) in [5.74, 6) is 0.0518. The van der Waals surface area contributed by atoms with E-state index in [9.17, 15) is 9.59 Å². The zero-order valence-electron chi connectivity index (χ0n) is 7.77. The molecule has 0 N–H and O–H groups in total. The molecule has 0 radical (unpaired) electrons. The maximum absolute atomic E-state index is 11.4. The Hall–Kier alpha value is -1.55. The lowest BCUT2D eigenvalue weighted by Gasteiger charge is -2.27. The quantitative estimate of drug-likeness (QED) is 0.688. The third kappa shape index (κ3) is 1.94. The monoisotopic (exact) mass is 225 g/mol. The Morgan fingerprint density at radius 3 is 2.67 bits per heavy atom. The van der Waals surface area contributed by atoms with Crippen LogP contribution in [0.2, 0.25) is 5.02 Å². The predicted molar refractivity (Wildman–Crippen MR) is 53.8 cm³/mol. The van der Waals surface area contributed by atoms with Crippen molar-refractivity contribution in [3.63, 3.8) is 0 Å². The SMILES string of the molecule is O=C1CCN1C(=O)Oc1ccccc1Cl. The van der Waals surface area contributed by atoms with E-state index in [0.717, 1.165) is 4.90 Å². The van der Waals surface area contributed by atoms with Gasteiger partial charge in [-0.1, -0.05) is 23.7 Å². The molecule has 15 heavy (non-hydrogen) atoms. The van der Waals surface area contributed by atoms with Gasteiger partial charge in [0.05, 0.1) is 5.02 Å². The zero-order chi connectivity index (χ0) is 10.8. The molecule has 0 bridgehead atoms. The fraction of sp³-hybridized carbons (Fsp3) is 0.200. The minimum atomic E-state index is -0.667. The molecule has 1 aromatic carbocycles. The molecule has 1 saturated heterocycles. The molecular formula is C10H8ClNO3. The second-order valence-corrected chi connectivity index (χ2v) is 3.50. The van der Waals surface area contributed by atoms with Gasteiger partial charge in [0.1, 0.15) is 0 Å². The summed E-state index contributed by atoms with van der Waals surface area (Å²) < 4.78 is 4.95. The topological polar surface area (TPSA) is 46.6 Å². The highest BCUT2D eigenvalue weighted by molar-refractivity contribution is 6.32. The van der Waals surface area contributed by atoms with Crippen LogP contribution in [0.25, 0.3) is 0 Å². The molecule has 1 heterocycles. The van der Waals surface area contributed by atoms with E-state index in [1.807, 2.05) is 0 Å². The molecule has 1 aromatic rings. The van der Waals surface area contributed by atoms with Gasteiger partial charge < -0.3 is 4.74 Å². The smallest absolute Gasteiger partial charge is 0.408 e. The van der Waals surface area contributed by atoms with Crippen molar-refractivity contribution in [3.05, 3.63) is 29.3 Å². The Balaban J connectivity index is 2.06. The number of hydrogen-bond donors (Lipinski definition) is 0. The van der Waals surface area contributed by atoms with E-state index in [-0.39, 0.29) is 11.7 Å². The van der Waals surface area contributed by atoms with E-state index in [1.165, 1.54) is 0 Å². The number of hydrogen-bond acceptors (Lipinski definition) is 3. The third-order valence-electron chi connectivity index (χ3n) is 2.10. The van der Waals surface area contributed by atoms with Gasteiger partial charge in [-0.05, 0) is 12.1 Å². The van der Waals surface area contributed by atoms with Gasteiger partial charge in [0, 0.05) is 13.0 Å². The van der Waals surface area contributed by atoms with Crippen molar-refractivity contribution in [3.8, 4) is 5.75 Å². The molecule has 0 unspecified atom stereocenters. The second kappa shape index (κ2) is 3.90. The maximum Gasteiger partial charge on any atom is 0.422 e. The van der Waals surface area contributed by atoms with Crippen LogP contribution in [0.5, 0.6) is 5.75 Å². The van der Waals surface area contributed by atoms with Crippen molar-refractivity contribution in [1.29, 1.82) is 0 Å². The largest absolute Gasteiger partial charge is 0.422 e. The number of carbonyl (C=O) groups excluding carboxylic acids is 2. The standard InChI is InChI=1S/C10H8ClNO3/c11-7-3-1-2-4-8(7)15-10(14)12-6-5-9(12)13/h1-4H,5-6H2. The van der Waals surface area contributed by atoms with Crippen LogP contribution in [0.3, 0.4) is 0 Å². The summed E-state index contributed by atoms with van der Waals surface area (Å²) in [4.78, 5) is 23.4. The lowest BCUT2D eigenvalue weighted by atomic mass is 10.2. The summed E-state index contributed by atoms with van der Waals surface area (Å²) in [5, 5.41) is 0.346. The second-order valence-electron chi connectivity index (χ2n) is 3.09. The molecule has 1 aliphatic rings. The molecule has 0 aromatic heterocycles. The van der Waals surface area contributed by atoms with Crippen LogP contribution in [-0.4, -0.2) is 23.4 Å². The number of β-lactam (4-membered cyclic amide) rings is 1. The molecule has 1 aliphatic heterocycles. The summed E-state index contributed by atoms with van der Waals surface area (Å²) in [6, 6.07) is 6.62. The summed E-state index contributed by atoms with van der Waals surface area (Å²) >= 11 is 5.79. The zero-order valence-corrected chi connectivity index (χ0v) is 8.53. The van der Waals surface area contributed by atoms with Gasteiger partial charge in [-0.25, -0.2) is 9.69 Å². The molecule has 0 atom stereocenters. The van der Waals surface area contributed by atoms with Gasteiger partial charge in [-0.15, -0.1) is 0 Å². The average Bonchev–Trinajstić information content (AvgIpc) is 2.19. The number of likely N-dealkylation sites (tertiary alicyclic amines) is 1. The van der Waals surface area contributed by atoms with Crippen LogP contribution >= 0.6 is 11.6 Å². The number of nitrogens with zero attached hydrogens (tertiary/aromatic N) is 1. The van der Waals surface area contributed by atoms with Gasteiger partial charge in [-0.3, -0.25) is 4.79 Å². The third-order valence-corrected chi connectivity index (χ3v) is 2.42. The average molecular weight is 226 g/mol. The Morgan fingerprint density at radius 2 is 2.13 bits per heavy atom. The van der Waals surface area contributed by atoms with Crippen LogP contribution in [-0.2, 0) is 4.79 Å². The van der Waals surface area contributed by atoms with Gasteiger partial charge in [-0.2, -0.15) is 0 Å². The number of para-hydroxylation sites is 1. The van der Waals surface area contributed by atoms with Crippen LogP contribution in [0.15, 0.2) is 24.3 Å². The molecule has 5 heteroatoms. The first-order valence-electron chi connectivity index (χ1n) is 4.45. The normalized spacial score (nSPS) is 14.7. The van der Waals surface area contributed by atoms with E-state index in [1.54, 1.807) is 24.3 Å². The van der Waals surface area contributed by atoms with Crippen molar-refractivity contribution in [2.45, 2.75) is 6.42 Å². The first-order chi connectivity index (χ1) is 7.18. The summed E-state index contributed by atoms with van der Waals surface area (Å²) in [6.07, 6.45) is -0.267. The van der Waals surface area contributed by atoms with Crippen molar-refractivity contribution in [2.75, 3.05) is 6.54 Å². The fourth-order valence-corrected chi connectivity index (χ4v) is 1.36. The van der Waals surface area contributed by atoms with Crippen molar-refractivity contribution >= 4 is 23.6 Å². The van der Waals surface area contributed by atoms with Gasteiger partial charge >= 0.3 is 6.09 Å². The molecule has 78 valence electrons. The van der Waals surface area contributed by atoms with E-state index < -0.39 is 6.09 Å². The maximum atomic E-state index is 11.4. The van der Waals surface area contributed by atoms with E-state index in [0.29, 0.717) is 18.0 Å². The van der Waals surface area contributed by atoms with Gasteiger partial charge in [0.2, 0.25) is 5.91 Å². The first kappa shape index (κ1) is 9.98. The van der Waals surface area contributed by atoms with E-state index in [2.05, 4.69) is 0 Å². The number of benzene rings is 1. The number of carbonyl (C=O) groups is 2. The Bertz CT molecular complexity index is 419. The van der Waals surface area contributed by atoms with E-state index in [4.69, 9.17) is 16.3 Å². The Labute approximate surface area is 91.4 Å². The Morgan fingerprint density at radius 1 is 1.40 bits per heavy atom. The van der Waals surface area contributed by atoms with Gasteiger partial charge in [0.25, 0.3) is 0 Å². The molecule has 1 fully saturated rings. The summed E-state index contributed by atoms with van der Waals surface area (Å²) in [5.41, 5.74) is 0. The number of amides is 2. The summed E-state index contributed by atoms with van der Waals surface area (Å²) in [6.45, 7) is 0.419. The van der Waals surface area contributed by atoms with Crippen LogP contribution < -0.4 is 4.74 Å². The lowest BCUT2D eigenvalue weighted by molar-refractivity contribution is -0.136. The number of imide groups is 1. The molecule has 2 amide bonds. The number of halogens is 1. The molecule has 0 spiro atoms. The summed E-state index contributed by atoms with van der Waals surface area (Å²) in [7, 11) is 0. The number of rotatable bonds is 1. The minimum absolute atomic E-state index is 0.216. The van der Waals surface area contributed by atoms with Crippen molar-refractivity contribution in [1.82, 2.24) is 4.90 Å². The Kier molecular flexibility index (Phi) is 2.60. The molecule has 0 aliphatic carbocycles. The van der Waals surface area contributed by atoms with E-state index >= 15 is 0 Å². The predicted octanol–water partition coefficient (Wildman–Crippen LogP) is 2.07. The lowest BCUT2D eigenvalue weighted by Crippen LogP contribution is -2.48. The van der Waals surface area contributed by atoms with Crippen molar-refractivity contribution in [2.24, 2.45) is 0 Å². The fourth-order valence-electron chi connectivity index (χ4n) is 1.18. The molecule has 4 nitrogen and oxygen atoms in total. The van der Waals surface area contributed by atoms with Crippen LogP contribution in [0.1, 0.15) is 6.42 Å². The van der Waals surface area contributed by atoms with Gasteiger partial charge in [0.15, 0.2) is 5.75 Å². The highest BCUT2D eigenvalue weighted by Gasteiger charge is 2.31. The van der Waals surface area contributed by atoms with Crippen LogP contribution in [0.4, 0.5) is 4.79 Å². The highest BCUT2D eigenvalue weighted by Crippen LogP contribution is 2.24. The van der Waals surface area contributed by atoms with Crippen molar-refractivity contribution < 1.29 is 14.3 Å². The molecular weight excluding hydrogens is 218 g/mol. The molecule has 0 saturated carbocycles. The minimum Gasteiger partial charge on any atom is -0.408 e. The molecule has 2 rings (SSSR count). The first-order valence-corrected chi connectivity index (χ1v) is 4.83.